The van der Waals surface area contributed by atoms with Gasteiger partial charge in [0.05, 0.1) is 11.4 Å². The summed E-state index contributed by atoms with van der Waals surface area (Å²) in [6.45, 7) is 9.08. The van der Waals surface area contributed by atoms with E-state index in [1.54, 1.807) is 0 Å². The molecule has 0 fully saturated rings. The predicted octanol–water partition coefficient (Wildman–Crippen LogP) is 2.61. The van der Waals surface area contributed by atoms with Crippen LogP contribution in [0.5, 0.6) is 0 Å². The first-order valence-corrected chi connectivity index (χ1v) is 6.37. The summed E-state index contributed by atoms with van der Waals surface area (Å²) in [6.07, 6.45) is 0.891. The quantitative estimate of drug-likeness (QED) is 0.900. The number of hydrogen-bond donors (Lipinski definition) is 1. The van der Waals surface area contributed by atoms with Crippen LogP contribution in [0.2, 0.25) is 0 Å². The van der Waals surface area contributed by atoms with Gasteiger partial charge in [-0.2, -0.15) is 5.10 Å². The van der Waals surface area contributed by atoms with E-state index in [0.717, 1.165) is 17.8 Å². The first-order valence-electron chi connectivity index (χ1n) is 6.37. The second-order valence-electron chi connectivity index (χ2n) is 4.87. The van der Waals surface area contributed by atoms with E-state index in [1.165, 1.54) is 22.4 Å². The van der Waals surface area contributed by atoms with Gasteiger partial charge in [0.1, 0.15) is 0 Å². The molecule has 2 N–H and O–H groups in total. The third-order valence-electron chi connectivity index (χ3n) is 3.57. The van der Waals surface area contributed by atoms with E-state index in [0.29, 0.717) is 6.54 Å². The van der Waals surface area contributed by atoms with Crippen LogP contribution < -0.4 is 5.73 Å². The van der Waals surface area contributed by atoms with Crippen LogP contribution >= 0.6 is 0 Å². The second-order valence-corrected chi connectivity index (χ2v) is 4.87. The van der Waals surface area contributed by atoms with Crippen LogP contribution in [0.25, 0.3) is 5.69 Å². The third kappa shape index (κ3) is 2.18. The summed E-state index contributed by atoms with van der Waals surface area (Å²) in [7, 11) is 0. The average Bonchev–Trinajstić information content (AvgIpc) is 2.61. The highest BCUT2D eigenvalue weighted by Gasteiger charge is 2.12. The van der Waals surface area contributed by atoms with E-state index in [-0.39, 0.29) is 0 Å². The van der Waals surface area contributed by atoms with E-state index in [4.69, 9.17) is 5.73 Å². The van der Waals surface area contributed by atoms with Crippen molar-refractivity contribution < 1.29 is 0 Å². The summed E-state index contributed by atoms with van der Waals surface area (Å²) < 4.78 is 2.02. The number of nitrogens with zero attached hydrogens (tertiary/aromatic N) is 2. The Morgan fingerprint density at radius 1 is 1.11 bits per heavy atom. The van der Waals surface area contributed by atoms with Gasteiger partial charge >= 0.3 is 0 Å². The number of rotatable bonds is 3. The Hall–Kier alpha value is -1.61. The van der Waals surface area contributed by atoms with Gasteiger partial charge in [-0.3, -0.25) is 0 Å². The number of aryl methyl sites for hydroxylation is 3. The molecule has 0 saturated heterocycles. The van der Waals surface area contributed by atoms with Gasteiger partial charge in [-0.15, -0.1) is 0 Å². The molecule has 0 aliphatic carbocycles. The second kappa shape index (κ2) is 4.94. The number of benzene rings is 1. The zero-order valence-electron chi connectivity index (χ0n) is 11.6. The van der Waals surface area contributed by atoms with Crippen LogP contribution in [0.4, 0.5) is 0 Å². The molecule has 0 bridgehead atoms. The van der Waals surface area contributed by atoms with Crippen molar-refractivity contribution >= 4 is 0 Å². The monoisotopic (exact) mass is 243 g/mol. The third-order valence-corrected chi connectivity index (χ3v) is 3.57. The summed E-state index contributed by atoms with van der Waals surface area (Å²) in [6, 6.07) is 6.44. The van der Waals surface area contributed by atoms with Gasteiger partial charge in [-0.05, 0) is 69.5 Å². The molecule has 0 radical (unpaired) electrons. The first-order chi connectivity index (χ1) is 8.54. The van der Waals surface area contributed by atoms with Crippen molar-refractivity contribution in [1.29, 1.82) is 0 Å². The van der Waals surface area contributed by atoms with E-state index >= 15 is 0 Å². The molecule has 0 amide bonds. The zero-order chi connectivity index (χ0) is 13.3. The SMILES string of the molecule is Cc1ccc(-n2nc(C)c(CCN)c2C)cc1C. The van der Waals surface area contributed by atoms with Crippen molar-refractivity contribution in [2.75, 3.05) is 6.54 Å². The average molecular weight is 243 g/mol. The fourth-order valence-corrected chi connectivity index (χ4v) is 2.29. The summed E-state index contributed by atoms with van der Waals surface area (Å²) in [5, 5.41) is 4.63. The Balaban J connectivity index is 2.50. The van der Waals surface area contributed by atoms with Gasteiger partial charge in [0, 0.05) is 5.69 Å². The van der Waals surface area contributed by atoms with Crippen LogP contribution in [0.15, 0.2) is 18.2 Å². The minimum atomic E-state index is 0.667. The predicted molar refractivity (Wildman–Crippen MR) is 75.3 cm³/mol. The van der Waals surface area contributed by atoms with Crippen LogP contribution in [-0.4, -0.2) is 16.3 Å². The molecule has 1 aromatic heterocycles. The van der Waals surface area contributed by atoms with Crippen molar-refractivity contribution in [3.8, 4) is 5.69 Å². The zero-order valence-corrected chi connectivity index (χ0v) is 11.6. The van der Waals surface area contributed by atoms with Gasteiger partial charge in [-0.1, -0.05) is 6.07 Å². The van der Waals surface area contributed by atoms with Crippen LogP contribution in [0.1, 0.15) is 28.1 Å². The number of hydrogen-bond acceptors (Lipinski definition) is 2. The van der Waals surface area contributed by atoms with Gasteiger partial charge in [0.25, 0.3) is 0 Å². The molecule has 96 valence electrons. The van der Waals surface area contributed by atoms with E-state index in [2.05, 4.69) is 51.0 Å². The number of nitrogens with two attached hydrogens (primary N) is 1. The summed E-state index contributed by atoms with van der Waals surface area (Å²) >= 11 is 0. The topological polar surface area (TPSA) is 43.8 Å². The fraction of sp³-hybridized carbons (Fsp3) is 0.400. The molecule has 0 spiro atoms. The molecular weight excluding hydrogens is 222 g/mol. The highest BCUT2D eigenvalue weighted by Crippen LogP contribution is 2.20. The molecule has 0 aliphatic heterocycles. The van der Waals surface area contributed by atoms with Crippen LogP contribution in [-0.2, 0) is 6.42 Å². The Kier molecular flexibility index (Phi) is 3.53. The lowest BCUT2D eigenvalue weighted by atomic mass is 10.1. The number of aromatic nitrogens is 2. The molecule has 3 nitrogen and oxygen atoms in total. The van der Waals surface area contributed by atoms with Crippen LogP contribution in [0, 0.1) is 27.7 Å². The highest BCUT2D eigenvalue weighted by atomic mass is 15.3. The molecule has 1 aromatic carbocycles. The van der Waals surface area contributed by atoms with Crippen molar-refractivity contribution in [3.05, 3.63) is 46.3 Å². The normalized spacial score (nSPS) is 10.9. The minimum Gasteiger partial charge on any atom is -0.330 e. The lowest BCUT2D eigenvalue weighted by molar-refractivity contribution is 0.830. The van der Waals surface area contributed by atoms with Gasteiger partial charge in [0.2, 0.25) is 0 Å². The summed E-state index contributed by atoms with van der Waals surface area (Å²) in [5.74, 6) is 0. The minimum absolute atomic E-state index is 0.667. The lowest BCUT2D eigenvalue weighted by Gasteiger charge is -2.08. The summed E-state index contributed by atoms with van der Waals surface area (Å²) in [4.78, 5) is 0. The first kappa shape index (κ1) is 12.8. The van der Waals surface area contributed by atoms with Crippen molar-refractivity contribution in [2.24, 2.45) is 5.73 Å². The van der Waals surface area contributed by atoms with Gasteiger partial charge in [0.15, 0.2) is 0 Å². The molecule has 3 heteroatoms. The molecule has 18 heavy (non-hydrogen) atoms. The van der Waals surface area contributed by atoms with Crippen molar-refractivity contribution in [1.82, 2.24) is 9.78 Å². The van der Waals surface area contributed by atoms with E-state index in [9.17, 15) is 0 Å². The molecule has 2 rings (SSSR count). The maximum Gasteiger partial charge on any atom is 0.0651 e. The molecular formula is C15H21N3. The summed E-state index contributed by atoms with van der Waals surface area (Å²) in [5.41, 5.74) is 12.9. The Labute approximate surface area is 109 Å². The molecule has 0 atom stereocenters. The van der Waals surface area contributed by atoms with E-state index in [1.807, 2.05) is 4.68 Å². The Morgan fingerprint density at radius 2 is 1.83 bits per heavy atom. The molecule has 1 heterocycles. The van der Waals surface area contributed by atoms with E-state index < -0.39 is 0 Å². The standard InChI is InChI=1S/C15H21N3/c1-10-5-6-14(9-11(10)2)18-13(4)15(7-8-16)12(3)17-18/h5-6,9H,7-8,16H2,1-4H3. The van der Waals surface area contributed by atoms with Crippen molar-refractivity contribution in [2.45, 2.75) is 34.1 Å². The fourth-order valence-electron chi connectivity index (χ4n) is 2.29. The Morgan fingerprint density at radius 3 is 2.44 bits per heavy atom. The van der Waals surface area contributed by atoms with Crippen LogP contribution in [0.3, 0.4) is 0 Å². The molecule has 2 aromatic rings. The molecule has 0 saturated carbocycles. The molecule has 0 unspecified atom stereocenters. The van der Waals surface area contributed by atoms with Gasteiger partial charge in [-0.25, -0.2) is 4.68 Å². The van der Waals surface area contributed by atoms with Gasteiger partial charge < -0.3 is 5.73 Å². The smallest absolute Gasteiger partial charge is 0.0651 e. The highest BCUT2D eigenvalue weighted by molar-refractivity contribution is 5.42. The van der Waals surface area contributed by atoms with Crippen molar-refractivity contribution in [3.63, 3.8) is 0 Å². The maximum atomic E-state index is 5.65. The lowest BCUT2D eigenvalue weighted by Crippen LogP contribution is -2.05. The molecule has 0 aliphatic rings. The maximum absolute atomic E-state index is 5.65. The Bertz CT molecular complexity index is 567. The largest absolute Gasteiger partial charge is 0.330 e.